The summed E-state index contributed by atoms with van der Waals surface area (Å²) in [5, 5.41) is 8.43. The van der Waals surface area contributed by atoms with E-state index in [4.69, 9.17) is 5.26 Å². The van der Waals surface area contributed by atoms with Crippen molar-refractivity contribution in [1.82, 2.24) is 9.80 Å². The lowest BCUT2D eigenvalue weighted by atomic mass is 10.2. The monoisotopic (exact) mass is 195 g/mol. The highest BCUT2D eigenvalue weighted by Gasteiger charge is 2.18. The fourth-order valence-electron chi connectivity index (χ4n) is 1.65. The SMILES string of the molecule is CCC(=O)N1CCN(CCC#N)CC1. The number of rotatable bonds is 3. The molecule has 0 aliphatic carbocycles. The molecule has 0 aromatic rings. The first-order valence-electron chi connectivity index (χ1n) is 5.15. The molecular weight excluding hydrogens is 178 g/mol. The number of piperazine rings is 1. The summed E-state index contributed by atoms with van der Waals surface area (Å²) < 4.78 is 0. The summed E-state index contributed by atoms with van der Waals surface area (Å²) in [6, 6.07) is 2.14. The first-order valence-corrected chi connectivity index (χ1v) is 5.15. The first kappa shape index (κ1) is 11.0. The second kappa shape index (κ2) is 5.61. The molecule has 1 aliphatic heterocycles. The van der Waals surface area contributed by atoms with E-state index in [0.717, 1.165) is 32.7 Å². The van der Waals surface area contributed by atoms with E-state index in [2.05, 4.69) is 11.0 Å². The molecule has 4 nitrogen and oxygen atoms in total. The van der Waals surface area contributed by atoms with Crippen LogP contribution in [0.1, 0.15) is 19.8 Å². The summed E-state index contributed by atoms with van der Waals surface area (Å²) in [7, 11) is 0. The third-order valence-corrected chi connectivity index (χ3v) is 2.57. The molecule has 1 fully saturated rings. The van der Waals surface area contributed by atoms with Gasteiger partial charge in [-0.1, -0.05) is 6.92 Å². The van der Waals surface area contributed by atoms with Crippen LogP contribution in [0.3, 0.4) is 0 Å². The number of hydrogen-bond acceptors (Lipinski definition) is 3. The van der Waals surface area contributed by atoms with Crippen LogP contribution in [0, 0.1) is 11.3 Å². The zero-order chi connectivity index (χ0) is 10.4. The van der Waals surface area contributed by atoms with Crippen LogP contribution in [0.25, 0.3) is 0 Å². The summed E-state index contributed by atoms with van der Waals surface area (Å²) in [6.45, 7) is 6.19. The average Bonchev–Trinajstić information content (AvgIpc) is 2.26. The second-order valence-corrected chi connectivity index (χ2v) is 3.48. The average molecular weight is 195 g/mol. The Hall–Kier alpha value is -1.08. The molecule has 0 spiro atoms. The normalized spacial score (nSPS) is 17.9. The fourth-order valence-corrected chi connectivity index (χ4v) is 1.65. The molecular formula is C10H17N3O. The third kappa shape index (κ3) is 3.00. The molecule has 1 aliphatic rings. The summed E-state index contributed by atoms with van der Waals surface area (Å²) in [5.74, 6) is 0.241. The predicted octanol–water partition coefficient (Wildman–Crippen LogP) is 0.454. The van der Waals surface area contributed by atoms with Gasteiger partial charge in [-0.05, 0) is 0 Å². The van der Waals surface area contributed by atoms with Crippen LogP contribution >= 0.6 is 0 Å². The Bertz CT molecular complexity index is 226. The third-order valence-electron chi connectivity index (χ3n) is 2.57. The van der Waals surface area contributed by atoms with E-state index in [1.165, 1.54) is 0 Å². The maximum absolute atomic E-state index is 11.3. The Labute approximate surface area is 85.1 Å². The summed E-state index contributed by atoms with van der Waals surface area (Å²) in [5.41, 5.74) is 0. The number of hydrogen-bond donors (Lipinski definition) is 0. The molecule has 0 N–H and O–H groups in total. The number of amides is 1. The molecule has 0 aromatic heterocycles. The smallest absolute Gasteiger partial charge is 0.222 e. The number of carbonyl (C=O) groups excluding carboxylic acids is 1. The van der Waals surface area contributed by atoms with E-state index in [1.807, 2.05) is 11.8 Å². The first-order chi connectivity index (χ1) is 6.77. The highest BCUT2D eigenvalue weighted by Crippen LogP contribution is 2.03. The number of nitriles is 1. The van der Waals surface area contributed by atoms with E-state index < -0.39 is 0 Å². The molecule has 0 aromatic carbocycles. The molecule has 1 heterocycles. The van der Waals surface area contributed by atoms with Crippen LogP contribution < -0.4 is 0 Å². The van der Waals surface area contributed by atoms with Gasteiger partial charge in [-0.25, -0.2) is 0 Å². The Morgan fingerprint density at radius 3 is 2.50 bits per heavy atom. The van der Waals surface area contributed by atoms with Gasteiger partial charge in [-0.2, -0.15) is 5.26 Å². The van der Waals surface area contributed by atoms with Crippen molar-refractivity contribution in [2.24, 2.45) is 0 Å². The van der Waals surface area contributed by atoms with Crippen LogP contribution in [0.15, 0.2) is 0 Å². The second-order valence-electron chi connectivity index (χ2n) is 3.48. The molecule has 14 heavy (non-hydrogen) atoms. The Balaban J connectivity index is 2.25. The predicted molar refractivity (Wildman–Crippen MR) is 53.5 cm³/mol. The van der Waals surface area contributed by atoms with Gasteiger partial charge in [0.2, 0.25) is 5.91 Å². The highest BCUT2D eigenvalue weighted by atomic mass is 16.2. The molecule has 0 saturated carbocycles. The number of carbonyl (C=O) groups is 1. The van der Waals surface area contributed by atoms with Crippen molar-refractivity contribution in [3.05, 3.63) is 0 Å². The van der Waals surface area contributed by atoms with E-state index in [9.17, 15) is 4.79 Å². The van der Waals surface area contributed by atoms with Gasteiger partial charge < -0.3 is 4.90 Å². The van der Waals surface area contributed by atoms with E-state index >= 15 is 0 Å². The van der Waals surface area contributed by atoms with Crippen molar-refractivity contribution in [2.45, 2.75) is 19.8 Å². The largest absolute Gasteiger partial charge is 0.340 e. The minimum atomic E-state index is 0.241. The van der Waals surface area contributed by atoms with Gasteiger partial charge in [0.05, 0.1) is 6.07 Å². The van der Waals surface area contributed by atoms with Gasteiger partial charge in [0.25, 0.3) is 0 Å². The molecule has 1 rings (SSSR count). The van der Waals surface area contributed by atoms with E-state index in [1.54, 1.807) is 0 Å². The molecule has 0 bridgehead atoms. The molecule has 1 saturated heterocycles. The summed E-state index contributed by atoms with van der Waals surface area (Å²) in [4.78, 5) is 15.5. The fraction of sp³-hybridized carbons (Fsp3) is 0.800. The van der Waals surface area contributed by atoms with Gasteiger partial charge >= 0.3 is 0 Å². The summed E-state index contributed by atoms with van der Waals surface area (Å²) in [6.07, 6.45) is 1.18. The number of nitrogens with zero attached hydrogens (tertiary/aromatic N) is 3. The Kier molecular flexibility index (Phi) is 4.41. The van der Waals surface area contributed by atoms with Crippen LogP contribution in [0.2, 0.25) is 0 Å². The topological polar surface area (TPSA) is 47.3 Å². The van der Waals surface area contributed by atoms with Gasteiger partial charge in [0.15, 0.2) is 0 Å². The lowest BCUT2D eigenvalue weighted by Gasteiger charge is -2.34. The maximum Gasteiger partial charge on any atom is 0.222 e. The lowest BCUT2D eigenvalue weighted by Crippen LogP contribution is -2.48. The van der Waals surface area contributed by atoms with Gasteiger partial charge in [0.1, 0.15) is 0 Å². The van der Waals surface area contributed by atoms with Crippen molar-refractivity contribution < 1.29 is 4.79 Å². The van der Waals surface area contributed by atoms with Gasteiger partial charge in [0, 0.05) is 45.6 Å². The zero-order valence-electron chi connectivity index (χ0n) is 8.70. The van der Waals surface area contributed by atoms with E-state index in [-0.39, 0.29) is 5.91 Å². The minimum Gasteiger partial charge on any atom is -0.340 e. The van der Waals surface area contributed by atoms with Crippen molar-refractivity contribution in [2.75, 3.05) is 32.7 Å². The lowest BCUT2D eigenvalue weighted by molar-refractivity contribution is -0.132. The molecule has 78 valence electrons. The zero-order valence-corrected chi connectivity index (χ0v) is 8.70. The van der Waals surface area contributed by atoms with Crippen LogP contribution in [0.5, 0.6) is 0 Å². The minimum absolute atomic E-state index is 0.241. The van der Waals surface area contributed by atoms with Crippen LogP contribution in [-0.2, 0) is 4.79 Å². The maximum atomic E-state index is 11.3. The molecule has 0 radical (unpaired) electrons. The van der Waals surface area contributed by atoms with Gasteiger partial charge in [-0.3, -0.25) is 9.69 Å². The van der Waals surface area contributed by atoms with Crippen molar-refractivity contribution in [3.63, 3.8) is 0 Å². The van der Waals surface area contributed by atoms with E-state index in [0.29, 0.717) is 12.8 Å². The standard InChI is InChI=1S/C10H17N3O/c1-2-10(14)13-8-6-12(7-9-13)5-3-4-11/h2-3,5-9H2,1H3. The van der Waals surface area contributed by atoms with Crippen LogP contribution in [0.4, 0.5) is 0 Å². The quantitative estimate of drug-likeness (QED) is 0.657. The Morgan fingerprint density at radius 1 is 1.36 bits per heavy atom. The van der Waals surface area contributed by atoms with Crippen molar-refractivity contribution >= 4 is 5.91 Å². The van der Waals surface area contributed by atoms with Crippen LogP contribution in [-0.4, -0.2) is 48.4 Å². The molecule has 4 heteroatoms. The highest BCUT2D eigenvalue weighted by molar-refractivity contribution is 5.75. The molecule has 0 atom stereocenters. The summed E-state index contributed by atoms with van der Waals surface area (Å²) >= 11 is 0. The Morgan fingerprint density at radius 2 is 2.00 bits per heavy atom. The molecule has 1 amide bonds. The van der Waals surface area contributed by atoms with Crippen molar-refractivity contribution in [3.8, 4) is 6.07 Å². The molecule has 0 unspecified atom stereocenters. The van der Waals surface area contributed by atoms with Gasteiger partial charge in [-0.15, -0.1) is 0 Å². The van der Waals surface area contributed by atoms with Crippen molar-refractivity contribution in [1.29, 1.82) is 5.26 Å².